The Balaban J connectivity index is 1.80. The van der Waals surface area contributed by atoms with E-state index in [9.17, 15) is 9.50 Å². The van der Waals surface area contributed by atoms with Crippen molar-refractivity contribution < 1.29 is 9.50 Å². The van der Waals surface area contributed by atoms with Gasteiger partial charge in [-0.15, -0.1) is 11.3 Å². The molecule has 0 saturated carbocycles. The molecule has 0 bridgehead atoms. The molecule has 0 aliphatic carbocycles. The van der Waals surface area contributed by atoms with Crippen LogP contribution in [0.15, 0.2) is 30.3 Å². The number of benzene rings is 1. The average Bonchev–Trinajstić information content (AvgIpc) is 2.76. The SMILES string of the molecule is Oc1c(F)cccc1CNCCc1ccc(Cl)s1. The summed E-state index contributed by atoms with van der Waals surface area (Å²) >= 11 is 7.39. The van der Waals surface area contributed by atoms with Crippen molar-refractivity contribution in [2.75, 3.05) is 6.54 Å². The van der Waals surface area contributed by atoms with Crippen LogP contribution in [-0.2, 0) is 13.0 Å². The summed E-state index contributed by atoms with van der Waals surface area (Å²) in [7, 11) is 0. The van der Waals surface area contributed by atoms with Gasteiger partial charge in [0.15, 0.2) is 11.6 Å². The maximum Gasteiger partial charge on any atom is 0.165 e. The lowest BCUT2D eigenvalue weighted by Gasteiger charge is -2.06. The largest absolute Gasteiger partial charge is 0.505 e. The van der Waals surface area contributed by atoms with E-state index in [1.807, 2.05) is 12.1 Å². The third-order valence-electron chi connectivity index (χ3n) is 2.56. The summed E-state index contributed by atoms with van der Waals surface area (Å²) in [5.41, 5.74) is 0.569. The molecular weight excluding hydrogens is 273 g/mol. The molecule has 1 heterocycles. The summed E-state index contributed by atoms with van der Waals surface area (Å²) in [6, 6.07) is 8.40. The first kappa shape index (κ1) is 13.3. The van der Waals surface area contributed by atoms with Crippen LogP contribution in [0.25, 0.3) is 0 Å². The van der Waals surface area contributed by atoms with Crippen LogP contribution in [0, 0.1) is 5.82 Å². The van der Waals surface area contributed by atoms with E-state index in [0.29, 0.717) is 12.1 Å². The molecule has 0 radical (unpaired) electrons. The summed E-state index contributed by atoms with van der Waals surface area (Å²) < 4.78 is 13.9. The fraction of sp³-hybridized carbons (Fsp3) is 0.231. The summed E-state index contributed by atoms with van der Waals surface area (Å²) in [5, 5.41) is 12.7. The van der Waals surface area contributed by atoms with Gasteiger partial charge in [-0.25, -0.2) is 4.39 Å². The van der Waals surface area contributed by atoms with Crippen LogP contribution >= 0.6 is 22.9 Å². The van der Waals surface area contributed by atoms with Crippen molar-refractivity contribution >= 4 is 22.9 Å². The molecule has 0 atom stereocenters. The van der Waals surface area contributed by atoms with Gasteiger partial charge in [0.05, 0.1) is 4.34 Å². The Hall–Kier alpha value is -1.10. The Morgan fingerprint density at radius 3 is 2.83 bits per heavy atom. The quantitative estimate of drug-likeness (QED) is 0.823. The number of hydrogen-bond acceptors (Lipinski definition) is 3. The van der Waals surface area contributed by atoms with Gasteiger partial charge in [-0.1, -0.05) is 23.7 Å². The van der Waals surface area contributed by atoms with Crippen LogP contribution in [-0.4, -0.2) is 11.7 Å². The topological polar surface area (TPSA) is 32.3 Å². The second-order valence-electron chi connectivity index (χ2n) is 3.88. The first-order valence-corrected chi connectivity index (χ1v) is 6.77. The lowest BCUT2D eigenvalue weighted by atomic mass is 10.2. The number of para-hydroxylation sites is 1. The Labute approximate surface area is 114 Å². The Bertz CT molecular complexity index is 529. The van der Waals surface area contributed by atoms with Crippen molar-refractivity contribution in [2.45, 2.75) is 13.0 Å². The molecule has 1 aromatic carbocycles. The number of nitrogens with one attached hydrogen (secondary N) is 1. The molecular formula is C13H13ClFNOS. The van der Waals surface area contributed by atoms with E-state index in [0.717, 1.165) is 17.3 Å². The number of phenols is 1. The minimum atomic E-state index is -0.584. The molecule has 0 spiro atoms. The third kappa shape index (κ3) is 3.45. The Kier molecular flexibility index (Phi) is 4.58. The Morgan fingerprint density at radius 1 is 1.28 bits per heavy atom. The van der Waals surface area contributed by atoms with Crippen molar-refractivity contribution in [1.29, 1.82) is 0 Å². The highest BCUT2D eigenvalue weighted by molar-refractivity contribution is 7.16. The molecule has 5 heteroatoms. The number of hydrogen-bond donors (Lipinski definition) is 2. The number of thiophene rings is 1. The summed E-state index contributed by atoms with van der Waals surface area (Å²) in [6.07, 6.45) is 0.869. The Morgan fingerprint density at radius 2 is 2.11 bits per heavy atom. The molecule has 2 rings (SSSR count). The highest BCUT2D eigenvalue weighted by atomic mass is 35.5. The molecule has 0 aliphatic rings. The fourth-order valence-corrected chi connectivity index (χ4v) is 2.71. The summed E-state index contributed by atoms with van der Waals surface area (Å²) in [6.45, 7) is 1.20. The molecule has 96 valence electrons. The highest BCUT2D eigenvalue weighted by Crippen LogP contribution is 2.22. The molecule has 0 unspecified atom stereocenters. The van der Waals surface area contributed by atoms with Gasteiger partial charge in [-0.2, -0.15) is 0 Å². The molecule has 0 saturated heterocycles. The molecule has 18 heavy (non-hydrogen) atoms. The lowest BCUT2D eigenvalue weighted by Crippen LogP contribution is -2.16. The monoisotopic (exact) mass is 285 g/mol. The van der Waals surface area contributed by atoms with Crippen molar-refractivity contribution in [3.8, 4) is 5.75 Å². The van der Waals surface area contributed by atoms with Crippen molar-refractivity contribution in [1.82, 2.24) is 5.32 Å². The third-order valence-corrected chi connectivity index (χ3v) is 3.85. The molecule has 2 N–H and O–H groups in total. The van der Waals surface area contributed by atoms with Crippen molar-refractivity contribution in [3.63, 3.8) is 0 Å². The molecule has 0 fully saturated rings. The van der Waals surface area contributed by atoms with E-state index in [1.165, 1.54) is 10.9 Å². The van der Waals surface area contributed by atoms with E-state index in [-0.39, 0.29) is 5.75 Å². The van der Waals surface area contributed by atoms with Gasteiger partial charge in [0.2, 0.25) is 0 Å². The average molecular weight is 286 g/mol. The normalized spacial score (nSPS) is 10.8. The predicted octanol–water partition coefficient (Wildman–Crippen LogP) is 3.58. The minimum absolute atomic E-state index is 0.274. The molecule has 1 aromatic heterocycles. The van der Waals surface area contributed by atoms with E-state index >= 15 is 0 Å². The van der Waals surface area contributed by atoms with Gasteiger partial charge >= 0.3 is 0 Å². The molecule has 2 nitrogen and oxygen atoms in total. The zero-order valence-electron chi connectivity index (χ0n) is 9.62. The summed E-state index contributed by atoms with van der Waals surface area (Å²) in [5.74, 6) is -0.858. The van der Waals surface area contributed by atoms with Gasteiger partial charge in [0, 0.05) is 23.5 Å². The highest BCUT2D eigenvalue weighted by Gasteiger charge is 2.05. The van der Waals surface area contributed by atoms with Crippen molar-refractivity contribution in [3.05, 3.63) is 50.9 Å². The smallest absolute Gasteiger partial charge is 0.165 e. The molecule has 2 aromatic rings. The second kappa shape index (κ2) is 6.18. The van der Waals surface area contributed by atoms with Crippen LogP contribution in [0.5, 0.6) is 5.75 Å². The standard InChI is InChI=1S/C13H13ClFNOS/c14-12-5-4-10(18-12)6-7-16-8-9-2-1-3-11(15)13(9)17/h1-5,16-17H,6-8H2. The van der Waals surface area contributed by atoms with Crippen LogP contribution in [0.2, 0.25) is 4.34 Å². The van der Waals surface area contributed by atoms with Crippen LogP contribution in [0.3, 0.4) is 0 Å². The van der Waals surface area contributed by atoms with Gasteiger partial charge in [0.1, 0.15) is 0 Å². The van der Waals surface area contributed by atoms with Crippen LogP contribution in [0.4, 0.5) is 4.39 Å². The van der Waals surface area contributed by atoms with E-state index in [2.05, 4.69) is 5.32 Å². The number of rotatable bonds is 5. The number of phenolic OH excluding ortho intramolecular Hbond substituents is 1. The first-order chi connectivity index (χ1) is 8.66. The van der Waals surface area contributed by atoms with E-state index in [1.54, 1.807) is 23.5 Å². The van der Waals surface area contributed by atoms with Gasteiger partial charge in [-0.3, -0.25) is 0 Å². The van der Waals surface area contributed by atoms with Crippen molar-refractivity contribution in [2.24, 2.45) is 0 Å². The first-order valence-electron chi connectivity index (χ1n) is 5.58. The van der Waals surface area contributed by atoms with Crippen LogP contribution < -0.4 is 5.32 Å². The van der Waals surface area contributed by atoms with Gasteiger partial charge < -0.3 is 10.4 Å². The van der Waals surface area contributed by atoms with E-state index < -0.39 is 5.82 Å². The number of aromatic hydroxyl groups is 1. The predicted molar refractivity (Wildman–Crippen MR) is 72.8 cm³/mol. The maximum atomic E-state index is 13.1. The maximum absolute atomic E-state index is 13.1. The zero-order valence-corrected chi connectivity index (χ0v) is 11.2. The molecule has 0 amide bonds. The number of halogens is 2. The fourth-order valence-electron chi connectivity index (χ4n) is 1.62. The minimum Gasteiger partial charge on any atom is -0.505 e. The summed E-state index contributed by atoms with van der Waals surface area (Å²) in [4.78, 5) is 1.20. The lowest BCUT2D eigenvalue weighted by molar-refractivity contribution is 0.423. The van der Waals surface area contributed by atoms with E-state index in [4.69, 9.17) is 11.6 Å². The second-order valence-corrected chi connectivity index (χ2v) is 5.68. The zero-order chi connectivity index (χ0) is 13.0. The molecule has 0 aliphatic heterocycles. The van der Waals surface area contributed by atoms with Crippen LogP contribution in [0.1, 0.15) is 10.4 Å². The van der Waals surface area contributed by atoms with Gasteiger partial charge in [0.25, 0.3) is 0 Å². The van der Waals surface area contributed by atoms with Gasteiger partial charge in [-0.05, 0) is 24.6 Å².